The summed E-state index contributed by atoms with van der Waals surface area (Å²) in [6.45, 7) is 6.90. The van der Waals surface area contributed by atoms with E-state index in [1.54, 1.807) is 29.5 Å². The summed E-state index contributed by atoms with van der Waals surface area (Å²) in [4.78, 5) is 22.8. The van der Waals surface area contributed by atoms with Crippen LogP contribution < -0.4 is 14.8 Å². The van der Waals surface area contributed by atoms with Crippen molar-refractivity contribution < 1.29 is 14.3 Å². The molecule has 32 heavy (non-hydrogen) atoms. The first kappa shape index (κ1) is 22.0. The largest absolute Gasteiger partial charge is 0.494 e. The van der Waals surface area contributed by atoms with Crippen molar-refractivity contribution in [3.63, 3.8) is 0 Å². The monoisotopic (exact) mass is 465 g/mol. The van der Waals surface area contributed by atoms with Crippen molar-refractivity contribution in [3.05, 3.63) is 75.1 Å². The number of hydrogen-bond acceptors (Lipinski definition) is 7. The Hall–Kier alpha value is -3.23. The molecule has 0 saturated carbocycles. The standard InChI is InChI=1S/C24H23N3O3S2/c1-4-29-20-10-8-17(9-11-20)22-15(2)32-24(26-22)27-23(28)18-6-5-7-21(12-18)30-13-19-14-31-16(3)25-19/h5-12,14H,4,13H2,1-3H3,(H,26,27,28). The van der Waals surface area contributed by atoms with E-state index in [9.17, 15) is 4.79 Å². The Labute approximate surface area is 194 Å². The minimum absolute atomic E-state index is 0.230. The lowest BCUT2D eigenvalue weighted by Crippen LogP contribution is -2.11. The number of rotatable bonds is 8. The highest BCUT2D eigenvalue weighted by Crippen LogP contribution is 2.31. The van der Waals surface area contributed by atoms with Crippen molar-refractivity contribution in [2.75, 3.05) is 11.9 Å². The van der Waals surface area contributed by atoms with Gasteiger partial charge in [-0.1, -0.05) is 6.07 Å². The van der Waals surface area contributed by atoms with Gasteiger partial charge in [-0.3, -0.25) is 10.1 Å². The zero-order chi connectivity index (χ0) is 22.5. The molecule has 2 aromatic heterocycles. The van der Waals surface area contributed by atoms with Gasteiger partial charge in [-0.05, 0) is 63.2 Å². The molecule has 0 aliphatic carbocycles. The lowest BCUT2D eigenvalue weighted by Gasteiger charge is -2.07. The number of carbonyl (C=O) groups is 1. The summed E-state index contributed by atoms with van der Waals surface area (Å²) >= 11 is 3.03. The van der Waals surface area contributed by atoms with Gasteiger partial charge >= 0.3 is 0 Å². The molecule has 4 aromatic rings. The lowest BCUT2D eigenvalue weighted by molar-refractivity contribution is 0.102. The van der Waals surface area contributed by atoms with Gasteiger partial charge < -0.3 is 9.47 Å². The second-order valence-corrected chi connectivity index (χ2v) is 9.28. The van der Waals surface area contributed by atoms with E-state index in [-0.39, 0.29) is 5.91 Å². The molecule has 4 rings (SSSR count). The lowest BCUT2D eigenvalue weighted by atomic mass is 10.1. The van der Waals surface area contributed by atoms with Gasteiger partial charge in [0, 0.05) is 21.4 Å². The molecular weight excluding hydrogens is 442 g/mol. The van der Waals surface area contributed by atoms with E-state index in [2.05, 4.69) is 15.3 Å². The van der Waals surface area contributed by atoms with Gasteiger partial charge in [0.15, 0.2) is 5.13 Å². The van der Waals surface area contributed by atoms with Crippen LogP contribution in [0.5, 0.6) is 11.5 Å². The van der Waals surface area contributed by atoms with Gasteiger partial charge in [0.05, 0.1) is 23.0 Å². The third-order valence-electron chi connectivity index (χ3n) is 4.61. The van der Waals surface area contributed by atoms with Gasteiger partial charge in [0.2, 0.25) is 0 Å². The number of thiazole rings is 2. The Morgan fingerprint density at radius 2 is 1.84 bits per heavy atom. The highest BCUT2D eigenvalue weighted by atomic mass is 32.1. The Morgan fingerprint density at radius 1 is 1.03 bits per heavy atom. The van der Waals surface area contributed by atoms with Crippen molar-refractivity contribution in [2.45, 2.75) is 27.4 Å². The Morgan fingerprint density at radius 3 is 2.56 bits per heavy atom. The third kappa shape index (κ3) is 5.33. The number of amides is 1. The van der Waals surface area contributed by atoms with Gasteiger partial charge in [-0.15, -0.1) is 22.7 Å². The summed E-state index contributed by atoms with van der Waals surface area (Å²) in [5.41, 5.74) is 3.22. The SMILES string of the molecule is CCOc1ccc(-c2nc(NC(=O)c3cccc(OCc4csc(C)n4)c3)sc2C)cc1. The number of ether oxygens (including phenoxy) is 2. The highest BCUT2D eigenvalue weighted by molar-refractivity contribution is 7.16. The predicted molar refractivity (Wildman–Crippen MR) is 129 cm³/mol. The van der Waals surface area contributed by atoms with Crippen LogP contribution in [0.4, 0.5) is 5.13 Å². The predicted octanol–water partition coefficient (Wildman–Crippen LogP) is 6.11. The van der Waals surface area contributed by atoms with E-state index < -0.39 is 0 Å². The molecule has 0 fully saturated rings. The average molecular weight is 466 g/mol. The Balaban J connectivity index is 1.43. The number of carbonyl (C=O) groups excluding carboxylic acids is 1. The first-order valence-corrected chi connectivity index (χ1v) is 11.9. The van der Waals surface area contributed by atoms with Crippen LogP contribution in [0.1, 0.15) is 32.9 Å². The molecule has 2 heterocycles. The van der Waals surface area contributed by atoms with Crippen LogP contribution in [-0.4, -0.2) is 22.5 Å². The molecule has 164 valence electrons. The molecule has 0 atom stereocenters. The topological polar surface area (TPSA) is 73.3 Å². The number of aromatic nitrogens is 2. The van der Waals surface area contributed by atoms with Crippen LogP contribution in [0, 0.1) is 13.8 Å². The smallest absolute Gasteiger partial charge is 0.257 e. The summed E-state index contributed by atoms with van der Waals surface area (Å²) in [5, 5.41) is 6.43. The Kier molecular flexibility index (Phi) is 6.82. The molecule has 0 saturated heterocycles. The number of aryl methyl sites for hydroxylation is 2. The molecular formula is C24H23N3O3S2. The molecule has 6 nitrogen and oxygen atoms in total. The molecule has 1 amide bonds. The third-order valence-corrected chi connectivity index (χ3v) is 6.31. The van der Waals surface area contributed by atoms with E-state index in [4.69, 9.17) is 9.47 Å². The maximum atomic E-state index is 12.8. The normalized spacial score (nSPS) is 10.7. The number of nitrogens with zero attached hydrogens (tertiary/aromatic N) is 2. The van der Waals surface area contributed by atoms with Crippen LogP contribution in [0.25, 0.3) is 11.3 Å². The molecule has 0 bridgehead atoms. The van der Waals surface area contributed by atoms with Crippen molar-refractivity contribution in [1.82, 2.24) is 9.97 Å². The summed E-state index contributed by atoms with van der Waals surface area (Å²) in [5.74, 6) is 1.21. The zero-order valence-electron chi connectivity index (χ0n) is 18.0. The maximum absolute atomic E-state index is 12.8. The minimum atomic E-state index is -0.230. The second-order valence-electron chi connectivity index (χ2n) is 7.01. The summed E-state index contributed by atoms with van der Waals surface area (Å²) < 4.78 is 11.3. The zero-order valence-corrected chi connectivity index (χ0v) is 19.7. The van der Waals surface area contributed by atoms with Crippen LogP contribution >= 0.6 is 22.7 Å². The summed E-state index contributed by atoms with van der Waals surface area (Å²) in [6, 6.07) is 14.9. The first-order valence-electron chi connectivity index (χ1n) is 10.2. The molecule has 0 aliphatic rings. The quantitative estimate of drug-likeness (QED) is 0.340. The summed E-state index contributed by atoms with van der Waals surface area (Å²) in [7, 11) is 0. The molecule has 0 spiro atoms. The van der Waals surface area contributed by atoms with Crippen molar-refractivity contribution >= 4 is 33.7 Å². The average Bonchev–Trinajstić information content (AvgIpc) is 3.38. The van der Waals surface area contributed by atoms with E-state index in [0.717, 1.165) is 32.6 Å². The molecule has 8 heteroatoms. The number of benzene rings is 2. The minimum Gasteiger partial charge on any atom is -0.494 e. The molecule has 1 N–H and O–H groups in total. The number of nitrogens with one attached hydrogen (secondary N) is 1. The molecule has 0 radical (unpaired) electrons. The van der Waals surface area contributed by atoms with E-state index in [1.807, 2.05) is 56.5 Å². The maximum Gasteiger partial charge on any atom is 0.257 e. The van der Waals surface area contributed by atoms with Crippen LogP contribution in [0.2, 0.25) is 0 Å². The Bertz CT molecular complexity index is 1220. The van der Waals surface area contributed by atoms with Crippen LogP contribution in [-0.2, 0) is 6.61 Å². The van der Waals surface area contributed by atoms with Gasteiger partial charge in [-0.2, -0.15) is 0 Å². The molecule has 2 aromatic carbocycles. The highest BCUT2D eigenvalue weighted by Gasteiger charge is 2.14. The fraction of sp³-hybridized carbons (Fsp3) is 0.208. The summed E-state index contributed by atoms with van der Waals surface area (Å²) in [6.07, 6.45) is 0. The van der Waals surface area contributed by atoms with E-state index >= 15 is 0 Å². The second kappa shape index (κ2) is 9.93. The van der Waals surface area contributed by atoms with Crippen molar-refractivity contribution in [3.8, 4) is 22.8 Å². The molecule has 0 unspecified atom stereocenters. The van der Waals surface area contributed by atoms with E-state index in [1.165, 1.54) is 11.3 Å². The number of hydrogen-bond donors (Lipinski definition) is 1. The first-order chi connectivity index (χ1) is 15.5. The fourth-order valence-corrected chi connectivity index (χ4v) is 4.55. The van der Waals surface area contributed by atoms with Gasteiger partial charge in [0.1, 0.15) is 18.1 Å². The van der Waals surface area contributed by atoms with Gasteiger partial charge in [0.25, 0.3) is 5.91 Å². The van der Waals surface area contributed by atoms with Gasteiger partial charge in [-0.25, -0.2) is 9.97 Å². The van der Waals surface area contributed by atoms with Crippen molar-refractivity contribution in [2.24, 2.45) is 0 Å². The number of anilines is 1. The molecule has 0 aliphatic heterocycles. The van der Waals surface area contributed by atoms with Crippen LogP contribution in [0.15, 0.2) is 53.9 Å². The fourth-order valence-electron chi connectivity index (χ4n) is 3.12. The van der Waals surface area contributed by atoms with Crippen LogP contribution in [0.3, 0.4) is 0 Å². The van der Waals surface area contributed by atoms with E-state index in [0.29, 0.717) is 29.7 Å². The van der Waals surface area contributed by atoms with Crippen molar-refractivity contribution in [1.29, 1.82) is 0 Å².